The molecule has 120 valence electrons. The molecule has 0 aliphatic carbocycles. The van der Waals surface area contributed by atoms with Gasteiger partial charge in [0.05, 0.1) is 7.11 Å². The smallest absolute Gasteiger partial charge is 0.363 e. The Morgan fingerprint density at radius 3 is 2.75 bits per heavy atom. The lowest BCUT2D eigenvalue weighted by Gasteiger charge is -2.02. The van der Waals surface area contributed by atoms with Crippen molar-refractivity contribution in [3.05, 3.63) is 77.2 Å². The first kappa shape index (κ1) is 15.7. The van der Waals surface area contributed by atoms with E-state index < -0.39 is 5.97 Å². The van der Waals surface area contributed by atoms with Crippen molar-refractivity contribution in [1.82, 2.24) is 0 Å². The van der Waals surface area contributed by atoms with Crippen LogP contribution in [0.3, 0.4) is 0 Å². The maximum absolute atomic E-state index is 13.2. The third-order valence-corrected chi connectivity index (χ3v) is 3.33. The predicted molar refractivity (Wildman–Crippen MR) is 89.9 cm³/mol. The highest BCUT2D eigenvalue weighted by Crippen LogP contribution is 2.20. The molecule has 0 radical (unpaired) electrons. The van der Waals surface area contributed by atoms with Crippen LogP contribution < -0.4 is 4.74 Å². The van der Waals surface area contributed by atoms with E-state index in [2.05, 4.69) is 4.99 Å². The molecule has 0 aromatic heterocycles. The summed E-state index contributed by atoms with van der Waals surface area (Å²) in [6, 6.07) is 13.3. The standard InChI is InChI=1S/C19H14FNO3/c1-23-17-8-3-2-6-14(17)9-10-18-21-16(19(22)24-18)12-13-5-4-7-15(20)11-13/h2-12H,1H3/b10-9+,16-12?. The first-order valence-corrected chi connectivity index (χ1v) is 7.25. The normalized spacial score (nSPS) is 15.7. The van der Waals surface area contributed by atoms with Crippen molar-refractivity contribution >= 4 is 24.0 Å². The zero-order chi connectivity index (χ0) is 16.9. The molecule has 1 heterocycles. The monoisotopic (exact) mass is 323 g/mol. The molecule has 24 heavy (non-hydrogen) atoms. The molecule has 3 rings (SSSR count). The highest BCUT2D eigenvalue weighted by molar-refractivity contribution is 6.11. The first-order chi connectivity index (χ1) is 11.7. The van der Waals surface area contributed by atoms with Crippen molar-refractivity contribution < 1.29 is 18.7 Å². The Bertz CT molecular complexity index is 868. The number of para-hydroxylation sites is 1. The molecular weight excluding hydrogens is 309 g/mol. The molecule has 2 aromatic carbocycles. The molecule has 1 aliphatic rings. The average molecular weight is 323 g/mol. The van der Waals surface area contributed by atoms with Gasteiger partial charge in [0.25, 0.3) is 0 Å². The Balaban J connectivity index is 1.83. The summed E-state index contributed by atoms with van der Waals surface area (Å²) in [4.78, 5) is 16.0. The van der Waals surface area contributed by atoms with Gasteiger partial charge in [-0.25, -0.2) is 14.2 Å². The summed E-state index contributed by atoms with van der Waals surface area (Å²) in [6.45, 7) is 0. The molecule has 0 atom stereocenters. The van der Waals surface area contributed by atoms with Gasteiger partial charge in [0.1, 0.15) is 11.6 Å². The van der Waals surface area contributed by atoms with E-state index in [1.165, 1.54) is 18.2 Å². The van der Waals surface area contributed by atoms with Gasteiger partial charge < -0.3 is 9.47 Å². The number of carbonyl (C=O) groups excluding carboxylic acids is 1. The number of hydrogen-bond donors (Lipinski definition) is 0. The van der Waals surface area contributed by atoms with Crippen LogP contribution in [0.25, 0.3) is 12.2 Å². The van der Waals surface area contributed by atoms with Gasteiger partial charge in [-0.1, -0.05) is 30.3 Å². The maximum Gasteiger partial charge on any atom is 0.363 e. The molecule has 5 heteroatoms. The van der Waals surface area contributed by atoms with Crippen LogP contribution in [0.2, 0.25) is 0 Å². The fourth-order valence-corrected chi connectivity index (χ4v) is 2.22. The predicted octanol–water partition coefficient (Wildman–Crippen LogP) is 3.84. The van der Waals surface area contributed by atoms with Crippen LogP contribution in [0.5, 0.6) is 5.75 Å². The van der Waals surface area contributed by atoms with Gasteiger partial charge in [0.15, 0.2) is 5.70 Å². The maximum atomic E-state index is 13.2. The van der Waals surface area contributed by atoms with Gasteiger partial charge in [-0.05, 0) is 35.9 Å². The summed E-state index contributed by atoms with van der Waals surface area (Å²) in [5.74, 6) is -0.0716. The molecule has 0 fully saturated rings. The lowest BCUT2D eigenvalue weighted by atomic mass is 10.2. The summed E-state index contributed by atoms with van der Waals surface area (Å²) in [5, 5.41) is 0. The van der Waals surface area contributed by atoms with E-state index in [0.717, 1.165) is 5.56 Å². The van der Waals surface area contributed by atoms with Crippen molar-refractivity contribution in [2.45, 2.75) is 0 Å². The Hall–Kier alpha value is -3.21. The van der Waals surface area contributed by atoms with Crippen LogP contribution in [0.15, 0.2) is 65.3 Å². The first-order valence-electron chi connectivity index (χ1n) is 7.25. The summed E-state index contributed by atoms with van der Waals surface area (Å²) in [7, 11) is 1.58. The van der Waals surface area contributed by atoms with Gasteiger partial charge in [0, 0.05) is 11.6 Å². The minimum atomic E-state index is -0.570. The van der Waals surface area contributed by atoms with E-state index in [1.807, 2.05) is 24.3 Å². The van der Waals surface area contributed by atoms with Crippen LogP contribution >= 0.6 is 0 Å². The van der Waals surface area contributed by atoms with Crippen molar-refractivity contribution in [2.24, 2.45) is 4.99 Å². The molecule has 0 unspecified atom stereocenters. The van der Waals surface area contributed by atoms with Gasteiger partial charge in [0.2, 0.25) is 5.90 Å². The Labute approximate surface area is 138 Å². The van der Waals surface area contributed by atoms with Crippen LogP contribution in [-0.4, -0.2) is 19.0 Å². The van der Waals surface area contributed by atoms with Crippen molar-refractivity contribution in [1.29, 1.82) is 0 Å². The van der Waals surface area contributed by atoms with Gasteiger partial charge in [-0.3, -0.25) is 0 Å². The molecule has 0 amide bonds. The number of hydrogen-bond acceptors (Lipinski definition) is 4. The lowest BCUT2D eigenvalue weighted by Crippen LogP contribution is -2.01. The number of esters is 1. The summed E-state index contributed by atoms with van der Waals surface area (Å²) >= 11 is 0. The highest BCUT2D eigenvalue weighted by Gasteiger charge is 2.21. The molecule has 0 bridgehead atoms. The molecule has 0 spiro atoms. The molecule has 4 nitrogen and oxygen atoms in total. The molecule has 0 N–H and O–H groups in total. The van der Waals surface area contributed by atoms with Crippen LogP contribution in [0, 0.1) is 5.82 Å². The van der Waals surface area contributed by atoms with E-state index in [1.54, 1.807) is 31.4 Å². The van der Waals surface area contributed by atoms with E-state index >= 15 is 0 Å². The number of aliphatic imine (C=N–C) groups is 1. The van der Waals surface area contributed by atoms with Crippen LogP contribution in [0.4, 0.5) is 4.39 Å². The Morgan fingerprint density at radius 1 is 1.12 bits per heavy atom. The van der Waals surface area contributed by atoms with Crippen molar-refractivity contribution in [2.75, 3.05) is 7.11 Å². The highest BCUT2D eigenvalue weighted by atomic mass is 19.1. The average Bonchev–Trinajstić information content (AvgIpc) is 2.93. The summed E-state index contributed by atoms with van der Waals surface area (Å²) in [6.07, 6.45) is 4.81. The number of carbonyl (C=O) groups is 1. The van der Waals surface area contributed by atoms with Crippen LogP contribution in [-0.2, 0) is 9.53 Å². The summed E-state index contributed by atoms with van der Waals surface area (Å²) in [5.41, 5.74) is 1.50. The zero-order valence-corrected chi connectivity index (χ0v) is 12.9. The number of benzene rings is 2. The fourth-order valence-electron chi connectivity index (χ4n) is 2.22. The number of cyclic esters (lactones) is 1. The second kappa shape index (κ2) is 6.91. The number of halogens is 1. The van der Waals surface area contributed by atoms with E-state index in [4.69, 9.17) is 9.47 Å². The van der Waals surface area contributed by atoms with E-state index in [0.29, 0.717) is 11.3 Å². The minimum Gasteiger partial charge on any atom is -0.496 e. The third-order valence-electron chi connectivity index (χ3n) is 3.33. The fraction of sp³-hybridized carbons (Fsp3) is 0.0526. The SMILES string of the molecule is COc1ccccc1/C=C/C1=NC(=Cc2cccc(F)c2)C(=O)O1. The van der Waals surface area contributed by atoms with E-state index in [-0.39, 0.29) is 17.4 Å². The Morgan fingerprint density at radius 2 is 1.96 bits per heavy atom. The second-order valence-corrected chi connectivity index (χ2v) is 5.00. The lowest BCUT2D eigenvalue weighted by molar-refractivity contribution is -0.129. The number of rotatable bonds is 4. The number of methoxy groups -OCH3 is 1. The van der Waals surface area contributed by atoms with Gasteiger partial charge >= 0.3 is 5.97 Å². The largest absolute Gasteiger partial charge is 0.496 e. The quantitative estimate of drug-likeness (QED) is 0.634. The molecule has 0 saturated heterocycles. The molecule has 1 aliphatic heterocycles. The van der Waals surface area contributed by atoms with Gasteiger partial charge in [-0.15, -0.1) is 0 Å². The van der Waals surface area contributed by atoms with Crippen molar-refractivity contribution in [3.8, 4) is 5.75 Å². The molecule has 0 saturated carbocycles. The summed E-state index contributed by atoms with van der Waals surface area (Å²) < 4.78 is 23.5. The zero-order valence-electron chi connectivity index (χ0n) is 12.9. The molecule has 2 aromatic rings. The number of ether oxygens (including phenoxy) is 2. The minimum absolute atomic E-state index is 0.125. The molecular formula is C19H14FNO3. The topological polar surface area (TPSA) is 47.9 Å². The van der Waals surface area contributed by atoms with Gasteiger partial charge in [-0.2, -0.15) is 0 Å². The number of nitrogens with zero attached hydrogens (tertiary/aromatic N) is 1. The Kier molecular flexibility index (Phi) is 4.52. The second-order valence-electron chi connectivity index (χ2n) is 5.00. The van der Waals surface area contributed by atoms with E-state index in [9.17, 15) is 9.18 Å². The van der Waals surface area contributed by atoms with Crippen molar-refractivity contribution in [3.63, 3.8) is 0 Å². The van der Waals surface area contributed by atoms with Crippen LogP contribution in [0.1, 0.15) is 11.1 Å². The third kappa shape index (κ3) is 3.57.